The number of amides is 1. The summed E-state index contributed by atoms with van der Waals surface area (Å²) >= 11 is 0. The van der Waals surface area contributed by atoms with E-state index in [4.69, 9.17) is 5.11 Å². The molecule has 1 aliphatic carbocycles. The topological polar surface area (TPSA) is 61.4 Å². The van der Waals surface area contributed by atoms with Crippen LogP contribution in [0.15, 0.2) is 0 Å². The maximum Gasteiger partial charge on any atom is 0.234 e. The average Bonchev–Trinajstić information content (AvgIpc) is 2.59. The summed E-state index contributed by atoms with van der Waals surface area (Å²) in [5.74, 6) is 0.0591. The molecule has 1 saturated carbocycles. The summed E-state index contributed by atoms with van der Waals surface area (Å²) in [7, 11) is 0. The number of rotatable bonds is 6. The fourth-order valence-electron chi connectivity index (χ4n) is 2.28. The van der Waals surface area contributed by atoms with E-state index in [9.17, 15) is 4.79 Å². The van der Waals surface area contributed by atoms with Gasteiger partial charge in [0.25, 0.3) is 0 Å². The van der Waals surface area contributed by atoms with E-state index in [0.29, 0.717) is 12.6 Å². The van der Waals surface area contributed by atoms with Gasteiger partial charge in [-0.25, -0.2) is 0 Å². The number of aliphatic hydroxyl groups is 1. The van der Waals surface area contributed by atoms with E-state index in [1.807, 2.05) is 6.92 Å². The van der Waals surface area contributed by atoms with Gasteiger partial charge in [0.15, 0.2) is 0 Å². The van der Waals surface area contributed by atoms with Crippen LogP contribution >= 0.6 is 0 Å². The van der Waals surface area contributed by atoms with E-state index in [1.54, 1.807) is 0 Å². The number of hydrogen-bond donors (Lipinski definition) is 3. The summed E-state index contributed by atoms with van der Waals surface area (Å²) in [5.41, 5.74) is 0. The van der Waals surface area contributed by atoms with Gasteiger partial charge in [-0.2, -0.15) is 0 Å². The van der Waals surface area contributed by atoms with Crippen LogP contribution in [0.5, 0.6) is 0 Å². The van der Waals surface area contributed by atoms with Crippen molar-refractivity contribution in [3.63, 3.8) is 0 Å². The molecule has 0 heterocycles. The van der Waals surface area contributed by atoms with Gasteiger partial charge in [-0.05, 0) is 19.3 Å². The lowest BCUT2D eigenvalue weighted by molar-refractivity contribution is -0.121. The molecule has 1 fully saturated rings. The van der Waals surface area contributed by atoms with Crippen molar-refractivity contribution in [1.29, 1.82) is 0 Å². The SMILES string of the molecule is CCC(CO)NCC(=O)NC1CCCCCC1. The molecule has 0 radical (unpaired) electrons. The van der Waals surface area contributed by atoms with Gasteiger partial charge in [-0.15, -0.1) is 0 Å². The fraction of sp³-hybridized carbons (Fsp3) is 0.923. The van der Waals surface area contributed by atoms with Crippen molar-refractivity contribution in [2.75, 3.05) is 13.2 Å². The smallest absolute Gasteiger partial charge is 0.234 e. The van der Waals surface area contributed by atoms with Crippen LogP contribution in [0.4, 0.5) is 0 Å². The zero-order valence-corrected chi connectivity index (χ0v) is 10.9. The first kappa shape index (κ1) is 14.5. The van der Waals surface area contributed by atoms with Crippen molar-refractivity contribution < 1.29 is 9.90 Å². The maximum absolute atomic E-state index is 11.7. The van der Waals surface area contributed by atoms with Crippen molar-refractivity contribution >= 4 is 5.91 Å². The highest BCUT2D eigenvalue weighted by molar-refractivity contribution is 5.78. The molecule has 1 amide bonds. The molecule has 0 aliphatic heterocycles. The molecule has 17 heavy (non-hydrogen) atoms. The van der Waals surface area contributed by atoms with Crippen molar-refractivity contribution in [2.24, 2.45) is 0 Å². The third kappa shape index (κ3) is 6.03. The van der Waals surface area contributed by atoms with Crippen molar-refractivity contribution in [2.45, 2.75) is 64.0 Å². The molecule has 4 heteroatoms. The Morgan fingerprint density at radius 1 is 1.29 bits per heavy atom. The summed E-state index contributed by atoms with van der Waals surface area (Å²) in [6.45, 7) is 2.40. The highest BCUT2D eigenvalue weighted by atomic mass is 16.3. The van der Waals surface area contributed by atoms with Crippen LogP contribution in [0.25, 0.3) is 0 Å². The minimum Gasteiger partial charge on any atom is -0.395 e. The molecule has 0 aromatic rings. The Labute approximate surface area is 104 Å². The number of carbonyl (C=O) groups is 1. The van der Waals surface area contributed by atoms with E-state index in [2.05, 4.69) is 10.6 Å². The minimum atomic E-state index is 0.0369. The molecular weight excluding hydrogens is 216 g/mol. The van der Waals surface area contributed by atoms with Gasteiger partial charge in [0.05, 0.1) is 13.2 Å². The first-order chi connectivity index (χ1) is 8.26. The third-order valence-corrected chi connectivity index (χ3v) is 3.48. The Morgan fingerprint density at radius 2 is 1.94 bits per heavy atom. The van der Waals surface area contributed by atoms with E-state index < -0.39 is 0 Å². The summed E-state index contributed by atoms with van der Waals surface area (Å²) in [4.78, 5) is 11.7. The molecule has 0 spiro atoms. The maximum atomic E-state index is 11.7. The van der Waals surface area contributed by atoms with E-state index in [-0.39, 0.29) is 18.6 Å². The van der Waals surface area contributed by atoms with Crippen LogP contribution in [0.3, 0.4) is 0 Å². The van der Waals surface area contributed by atoms with Crippen LogP contribution in [0.2, 0.25) is 0 Å². The molecule has 0 saturated heterocycles. The van der Waals surface area contributed by atoms with Gasteiger partial charge >= 0.3 is 0 Å². The molecule has 3 N–H and O–H groups in total. The molecule has 1 unspecified atom stereocenters. The minimum absolute atomic E-state index is 0.0369. The molecule has 0 aromatic heterocycles. The molecule has 0 bridgehead atoms. The Balaban J connectivity index is 2.18. The van der Waals surface area contributed by atoms with Crippen molar-refractivity contribution in [1.82, 2.24) is 10.6 Å². The van der Waals surface area contributed by atoms with Crippen molar-refractivity contribution in [3.8, 4) is 0 Å². The summed E-state index contributed by atoms with van der Waals surface area (Å²) in [6.07, 6.45) is 8.12. The monoisotopic (exact) mass is 242 g/mol. The highest BCUT2D eigenvalue weighted by Gasteiger charge is 2.15. The number of hydrogen-bond acceptors (Lipinski definition) is 3. The quantitative estimate of drug-likeness (QED) is 0.613. The van der Waals surface area contributed by atoms with Crippen LogP contribution in [-0.4, -0.2) is 36.2 Å². The van der Waals surface area contributed by atoms with Gasteiger partial charge in [0.2, 0.25) is 5.91 Å². The second-order valence-corrected chi connectivity index (χ2v) is 4.92. The largest absolute Gasteiger partial charge is 0.395 e. The van der Waals surface area contributed by atoms with E-state index >= 15 is 0 Å². The second kappa shape index (κ2) is 8.48. The lowest BCUT2D eigenvalue weighted by atomic mass is 10.1. The molecular formula is C13H26N2O2. The van der Waals surface area contributed by atoms with Crippen LogP contribution in [-0.2, 0) is 4.79 Å². The molecule has 100 valence electrons. The summed E-state index contributed by atoms with van der Waals surface area (Å²) in [5, 5.41) is 15.1. The van der Waals surface area contributed by atoms with Crippen LogP contribution in [0, 0.1) is 0 Å². The normalized spacial score (nSPS) is 19.6. The zero-order chi connectivity index (χ0) is 12.5. The number of carbonyl (C=O) groups excluding carboxylic acids is 1. The third-order valence-electron chi connectivity index (χ3n) is 3.48. The second-order valence-electron chi connectivity index (χ2n) is 4.92. The van der Waals surface area contributed by atoms with Gasteiger partial charge in [-0.3, -0.25) is 4.79 Å². The fourth-order valence-corrected chi connectivity index (χ4v) is 2.28. The lowest BCUT2D eigenvalue weighted by Gasteiger charge is -2.18. The first-order valence-corrected chi connectivity index (χ1v) is 6.89. The number of aliphatic hydroxyl groups excluding tert-OH is 1. The Morgan fingerprint density at radius 3 is 2.47 bits per heavy atom. The number of nitrogens with one attached hydrogen (secondary N) is 2. The standard InChI is InChI=1S/C13H26N2O2/c1-2-11(10-16)14-9-13(17)15-12-7-5-3-4-6-8-12/h11-12,14,16H,2-10H2,1H3,(H,15,17). The van der Waals surface area contributed by atoms with Gasteiger partial charge in [-0.1, -0.05) is 32.6 Å². The Hall–Kier alpha value is -0.610. The molecule has 1 rings (SSSR count). The molecule has 1 atom stereocenters. The Bertz CT molecular complexity index is 209. The first-order valence-electron chi connectivity index (χ1n) is 6.89. The zero-order valence-electron chi connectivity index (χ0n) is 10.9. The average molecular weight is 242 g/mol. The van der Waals surface area contributed by atoms with Crippen LogP contribution < -0.4 is 10.6 Å². The van der Waals surface area contributed by atoms with Gasteiger partial charge in [0, 0.05) is 12.1 Å². The summed E-state index contributed by atoms with van der Waals surface area (Å²) in [6, 6.07) is 0.399. The summed E-state index contributed by atoms with van der Waals surface area (Å²) < 4.78 is 0. The van der Waals surface area contributed by atoms with Gasteiger partial charge < -0.3 is 15.7 Å². The highest BCUT2D eigenvalue weighted by Crippen LogP contribution is 2.16. The molecule has 1 aliphatic rings. The van der Waals surface area contributed by atoms with E-state index in [1.165, 1.54) is 25.7 Å². The van der Waals surface area contributed by atoms with E-state index in [0.717, 1.165) is 19.3 Å². The predicted octanol–water partition coefficient (Wildman–Crippen LogP) is 1.19. The Kier molecular flexibility index (Phi) is 7.21. The van der Waals surface area contributed by atoms with Gasteiger partial charge in [0.1, 0.15) is 0 Å². The lowest BCUT2D eigenvalue weighted by Crippen LogP contribution is -2.43. The predicted molar refractivity (Wildman–Crippen MR) is 68.8 cm³/mol. The molecule has 0 aromatic carbocycles. The van der Waals surface area contributed by atoms with Crippen LogP contribution in [0.1, 0.15) is 51.9 Å². The molecule has 4 nitrogen and oxygen atoms in total. The van der Waals surface area contributed by atoms with Crippen molar-refractivity contribution in [3.05, 3.63) is 0 Å².